The molecule has 3 rings (SSSR count). The predicted octanol–water partition coefficient (Wildman–Crippen LogP) is 2.82. The van der Waals surface area contributed by atoms with Crippen molar-refractivity contribution in [3.8, 4) is 0 Å². The quantitative estimate of drug-likeness (QED) is 0.870. The van der Waals surface area contributed by atoms with Gasteiger partial charge in [-0.05, 0) is 24.3 Å². The highest BCUT2D eigenvalue weighted by atomic mass is 19.4. The van der Waals surface area contributed by atoms with E-state index in [4.69, 9.17) is 0 Å². The summed E-state index contributed by atoms with van der Waals surface area (Å²) >= 11 is 0. The Morgan fingerprint density at radius 3 is 2.39 bits per heavy atom. The first-order valence-electron chi connectivity index (χ1n) is 7.43. The Hall–Kier alpha value is -2.15. The highest BCUT2D eigenvalue weighted by molar-refractivity contribution is 5.47. The first-order chi connectivity index (χ1) is 11.0. The number of pyridine rings is 2. The van der Waals surface area contributed by atoms with Gasteiger partial charge in [-0.15, -0.1) is 0 Å². The minimum atomic E-state index is -4.41. The fourth-order valence-electron chi connectivity index (χ4n) is 2.66. The summed E-state index contributed by atoms with van der Waals surface area (Å²) in [5.74, 6) is 0. The number of alkyl halides is 3. The van der Waals surface area contributed by atoms with Gasteiger partial charge in [0.05, 0.1) is 5.69 Å². The molecule has 2 aromatic heterocycles. The van der Waals surface area contributed by atoms with E-state index >= 15 is 0 Å². The van der Waals surface area contributed by atoms with E-state index in [9.17, 15) is 13.2 Å². The Morgan fingerprint density at radius 1 is 0.957 bits per heavy atom. The number of aromatic nitrogens is 2. The molecule has 0 aliphatic carbocycles. The van der Waals surface area contributed by atoms with Crippen molar-refractivity contribution >= 4 is 5.69 Å². The van der Waals surface area contributed by atoms with Gasteiger partial charge in [-0.3, -0.25) is 14.9 Å². The lowest BCUT2D eigenvalue weighted by molar-refractivity contribution is -0.141. The van der Waals surface area contributed by atoms with Crippen LogP contribution in [0.1, 0.15) is 11.4 Å². The first kappa shape index (κ1) is 15.7. The molecule has 3 heterocycles. The van der Waals surface area contributed by atoms with Crippen molar-refractivity contribution in [2.75, 3.05) is 31.1 Å². The number of halogens is 3. The molecule has 23 heavy (non-hydrogen) atoms. The number of nitrogens with zero attached hydrogens (tertiary/aromatic N) is 4. The lowest BCUT2D eigenvalue weighted by Crippen LogP contribution is -2.46. The number of rotatable bonds is 3. The monoisotopic (exact) mass is 322 g/mol. The van der Waals surface area contributed by atoms with E-state index in [0.29, 0.717) is 18.8 Å². The lowest BCUT2D eigenvalue weighted by Gasteiger charge is -2.36. The van der Waals surface area contributed by atoms with Crippen LogP contribution in [0.15, 0.2) is 42.7 Å². The van der Waals surface area contributed by atoms with Gasteiger partial charge in [0.1, 0.15) is 5.69 Å². The van der Waals surface area contributed by atoms with Crippen LogP contribution in [-0.2, 0) is 12.7 Å². The Labute approximate surface area is 132 Å². The SMILES string of the molecule is FC(F)(F)c1cc(N2CCN(Cc3ccccn3)CC2)ccn1. The summed E-state index contributed by atoms with van der Waals surface area (Å²) in [7, 11) is 0. The van der Waals surface area contributed by atoms with Crippen molar-refractivity contribution in [1.29, 1.82) is 0 Å². The zero-order chi connectivity index (χ0) is 16.3. The van der Waals surface area contributed by atoms with E-state index in [2.05, 4.69) is 14.9 Å². The van der Waals surface area contributed by atoms with E-state index < -0.39 is 11.9 Å². The molecule has 0 bridgehead atoms. The number of anilines is 1. The molecule has 1 aliphatic heterocycles. The van der Waals surface area contributed by atoms with Gasteiger partial charge in [-0.25, -0.2) is 0 Å². The van der Waals surface area contributed by atoms with Crippen LogP contribution < -0.4 is 4.90 Å². The molecular formula is C16H17F3N4. The van der Waals surface area contributed by atoms with E-state index in [1.165, 1.54) is 6.20 Å². The summed E-state index contributed by atoms with van der Waals surface area (Å²) in [6, 6.07) is 8.56. The van der Waals surface area contributed by atoms with Crippen LogP contribution in [0.3, 0.4) is 0 Å². The largest absolute Gasteiger partial charge is 0.433 e. The van der Waals surface area contributed by atoms with E-state index in [1.54, 1.807) is 12.3 Å². The van der Waals surface area contributed by atoms with Crippen molar-refractivity contribution in [3.05, 3.63) is 54.1 Å². The fourth-order valence-corrected chi connectivity index (χ4v) is 2.66. The van der Waals surface area contributed by atoms with Gasteiger partial charge in [0.25, 0.3) is 0 Å². The summed E-state index contributed by atoms with van der Waals surface area (Å²) in [6.07, 6.45) is -1.42. The molecular weight excluding hydrogens is 305 g/mol. The molecule has 1 saturated heterocycles. The van der Waals surface area contributed by atoms with Crippen LogP contribution in [0.4, 0.5) is 18.9 Å². The Balaban J connectivity index is 1.61. The van der Waals surface area contributed by atoms with Gasteiger partial charge in [-0.1, -0.05) is 6.07 Å². The van der Waals surface area contributed by atoms with Crippen LogP contribution >= 0.6 is 0 Å². The number of hydrogen-bond donors (Lipinski definition) is 0. The average Bonchev–Trinajstić information content (AvgIpc) is 2.56. The van der Waals surface area contributed by atoms with Crippen molar-refractivity contribution in [1.82, 2.24) is 14.9 Å². The second-order valence-corrected chi connectivity index (χ2v) is 5.48. The van der Waals surface area contributed by atoms with Crippen LogP contribution in [0.25, 0.3) is 0 Å². The zero-order valence-corrected chi connectivity index (χ0v) is 12.5. The van der Waals surface area contributed by atoms with Crippen molar-refractivity contribution in [2.24, 2.45) is 0 Å². The van der Waals surface area contributed by atoms with Crippen molar-refractivity contribution in [3.63, 3.8) is 0 Å². The van der Waals surface area contributed by atoms with Gasteiger partial charge >= 0.3 is 6.18 Å². The third-order valence-corrected chi connectivity index (χ3v) is 3.88. The highest BCUT2D eigenvalue weighted by Gasteiger charge is 2.33. The second kappa shape index (κ2) is 6.54. The number of piperazine rings is 1. The van der Waals surface area contributed by atoms with Crippen molar-refractivity contribution in [2.45, 2.75) is 12.7 Å². The Morgan fingerprint density at radius 2 is 1.74 bits per heavy atom. The molecule has 7 heteroatoms. The predicted molar refractivity (Wildman–Crippen MR) is 81.0 cm³/mol. The maximum atomic E-state index is 12.7. The molecule has 0 radical (unpaired) electrons. The second-order valence-electron chi connectivity index (χ2n) is 5.48. The first-order valence-corrected chi connectivity index (χ1v) is 7.43. The van der Waals surface area contributed by atoms with Gasteiger partial charge in [0, 0.05) is 50.8 Å². The van der Waals surface area contributed by atoms with Crippen molar-refractivity contribution < 1.29 is 13.2 Å². The van der Waals surface area contributed by atoms with Gasteiger partial charge < -0.3 is 4.90 Å². The van der Waals surface area contributed by atoms with Gasteiger partial charge in [-0.2, -0.15) is 13.2 Å². The molecule has 0 amide bonds. The molecule has 0 unspecified atom stereocenters. The minimum absolute atomic E-state index is 0.574. The number of hydrogen-bond acceptors (Lipinski definition) is 4. The van der Waals surface area contributed by atoms with Crippen LogP contribution in [0.5, 0.6) is 0 Å². The zero-order valence-electron chi connectivity index (χ0n) is 12.5. The van der Waals surface area contributed by atoms with Crippen LogP contribution in [0.2, 0.25) is 0 Å². The normalized spacial score (nSPS) is 16.6. The summed E-state index contributed by atoms with van der Waals surface area (Å²) in [5.41, 5.74) is 0.736. The standard InChI is InChI=1S/C16H17F3N4/c17-16(18,19)15-11-14(4-6-21-15)23-9-7-22(8-10-23)12-13-3-1-2-5-20-13/h1-6,11H,7-10,12H2. The molecule has 0 spiro atoms. The summed E-state index contributed by atoms with van der Waals surface area (Å²) in [5, 5.41) is 0. The minimum Gasteiger partial charge on any atom is -0.369 e. The summed E-state index contributed by atoms with van der Waals surface area (Å²) in [4.78, 5) is 11.9. The maximum Gasteiger partial charge on any atom is 0.433 e. The maximum absolute atomic E-state index is 12.7. The van der Waals surface area contributed by atoms with Crippen LogP contribution in [-0.4, -0.2) is 41.0 Å². The van der Waals surface area contributed by atoms with E-state index in [0.717, 1.165) is 31.4 Å². The topological polar surface area (TPSA) is 32.3 Å². The molecule has 0 N–H and O–H groups in total. The van der Waals surface area contributed by atoms with E-state index in [1.807, 2.05) is 23.1 Å². The third kappa shape index (κ3) is 3.98. The summed E-state index contributed by atoms with van der Waals surface area (Å²) < 4.78 is 38.2. The molecule has 2 aromatic rings. The fraction of sp³-hybridized carbons (Fsp3) is 0.375. The Kier molecular flexibility index (Phi) is 4.47. The molecule has 0 aromatic carbocycles. The van der Waals surface area contributed by atoms with E-state index in [-0.39, 0.29) is 0 Å². The Bertz CT molecular complexity index is 637. The lowest BCUT2D eigenvalue weighted by atomic mass is 10.2. The highest BCUT2D eigenvalue weighted by Crippen LogP contribution is 2.30. The molecule has 0 saturated carbocycles. The molecule has 4 nitrogen and oxygen atoms in total. The average molecular weight is 322 g/mol. The van der Waals surface area contributed by atoms with Gasteiger partial charge in [0.15, 0.2) is 0 Å². The third-order valence-electron chi connectivity index (χ3n) is 3.88. The molecule has 0 atom stereocenters. The van der Waals surface area contributed by atoms with Gasteiger partial charge in [0.2, 0.25) is 0 Å². The van der Waals surface area contributed by atoms with Crippen LogP contribution in [0, 0.1) is 0 Å². The molecule has 1 aliphatic rings. The summed E-state index contributed by atoms with van der Waals surface area (Å²) in [6.45, 7) is 3.72. The molecule has 122 valence electrons. The smallest absolute Gasteiger partial charge is 0.369 e. The molecule has 1 fully saturated rings.